The summed E-state index contributed by atoms with van der Waals surface area (Å²) in [4.78, 5) is 24.4. The molecule has 2 aromatic rings. The smallest absolute Gasteiger partial charge is 0.345 e. The Morgan fingerprint density at radius 3 is 2.32 bits per heavy atom. The molecule has 5 heteroatoms. The van der Waals surface area contributed by atoms with Gasteiger partial charge in [0.15, 0.2) is 5.78 Å². The molecule has 0 bridgehead atoms. The van der Waals surface area contributed by atoms with Crippen LogP contribution in [0.5, 0.6) is 11.5 Å². The lowest BCUT2D eigenvalue weighted by molar-refractivity contribution is -0.139. The van der Waals surface area contributed by atoms with Crippen molar-refractivity contribution < 1.29 is 23.8 Å². The minimum atomic E-state index is -0.684. The fourth-order valence-electron chi connectivity index (χ4n) is 2.54. The average Bonchev–Trinajstić information content (AvgIpc) is 2.65. The van der Waals surface area contributed by atoms with Gasteiger partial charge >= 0.3 is 5.97 Å². The molecular weight excluding hydrogens is 320 g/mol. The first-order valence-corrected chi connectivity index (χ1v) is 7.93. The molecule has 0 N–H and O–H groups in total. The molecule has 1 unspecified atom stereocenters. The van der Waals surface area contributed by atoms with Crippen LogP contribution in [0.3, 0.4) is 0 Å². The molecule has 1 heterocycles. The molecule has 0 spiro atoms. The summed E-state index contributed by atoms with van der Waals surface area (Å²) in [5, 5.41) is 0. The van der Waals surface area contributed by atoms with E-state index in [2.05, 4.69) is 0 Å². The lowest BCUT2D eigenvalue weighted by Gasteiger charge is -2.23. The van der Waals surface area contributed by atoms with Gasteiger partial charge in [0.05, 0.1) is 19.6 Å². The molecular formula is C20H18O5. The Hall–Kier alpha value is -3.08. The molecule has 1 aliphatic rings. The number of esters is 1. The highest BCUT2D eigenvalue weighted by Gasteiger charge is 2.34. The van der Waals surface area contributed by atoms with Gasteiger partial charge in [0.25, 0.3) is 0 Å². The van der Waals surface area contributed by atoms with Crippen LogP contribution in [0.1, 0.15) is 12.5 Å². The Kier molecular flexibility index (Phi) is 4.84. The fourth-order valence-corrected chi connectivity index (χ4v) is 2.54. The lowest BCUT2D eigenvalue weighted by atomic mass is 9.94. The van der Waals surface area contributed by atoms with Crippen LogP contribution in [0.25, 0.3) is 5.76 Å². The Balaban J connectivity index is 1.90. The molecule has 0 radical (unpaired) electrons. The highest BCUT2D eigenvalue weighted by atomic mass is 16.5. The van der Waals surface area contributed by atoms with E-state index in [0.29, 0.717) is 11.3 Å². The maximum atomic E-state index is 12.4. The highest BCUT2D eigenvalue weighted by molar-refractivity contribution is 6.23. The van der Waals surface area contributed by atoms with E-state index in [1.807, 2.05) is 30.3 Å². The summed E-state index contributed by atoms with van der Waals surface area (Å²) in [6.45, 7) is 1.95. The molecule has 0 saturated heterocycles. The summed E-state index contributed by atoms with van der Waals surface area (Å²) < 4.78 is 16.1. The average molecular weight is 338 g/mol. The number of hydrogen-bond donors (Lipinski definition) is 0. The number of para-hydroxylation sites is 1. The van der Waals surface area contributed by atoms with E-state index in [9.17, 15) is 9.59 Å². The van der Waals surface area contributed by atoms with E-state index in [1.54, 1.807) is 31.2 Å². The zero-order valence-corrected chi connectivity index (χ0v) is 14.0. The molecule has 0 aromatic heterocycles. The number of Topliss-reactive ketones (excluding diaryl/α,β-unsaturated/α-hetero) is 1. The first-order valence-electron chi connectivity index (χ1n) is 7.93. The minimum Gasteiger partial charge on any atom is -0.491 e. The van der Waals surface area contributed by atoms with Crippen molar-refractivity contribution in [2.75, 3.05) is 13.7 Å². The highest BCUT2D eigenvalue weighted by Crippen LogP contribution is 2.30. The summed E-state index contributed by atoms with van der Waals surface area (Å²) in [5.74, 6) is 0.293. The first-order chi connectivity index (χ1) is 12.1. The van der Waals surface area contributed by atoms with Crippen molar-refractivity contribution in [1.29, 1.82) is 0 Å². The van der Waals surface area contributed by atoms with Crippen LogP contribution < -0.4 is 4.74 Å². The zero-order valence-electron chi connectivity index (χ0n) is 14.0. The van der Waals surface area contributed by atoms with Crippen molar-refractivity contribution in [3.8, 4) is 11.5 Å². The van der Waals surface area contributed by atoms with Crippen molar-refractivity contribution in [1.82, 2.24) is 0 Å². The fraction of sp³-hybridized carbons (Fsp3) is 0.200. The summed E-state index contributed by atoms with van der Waals surface area (Å²) >= 11 is 0. The predicted molar refractivity (Wildman–Crippen MR) is 92.0 cm³/mol. The quantitative estimate of drug-likeness (QED) is 0.630. The van der Waals surface area contributed by atoms with Crippen LogP contribution in [0.2, 0.25) is 0 Å². The van der Waals surface area contributed by atoms with Crippen molar-refractivity contribution in [3.05, 3.63) is 65.7 Å². The van der Waals surface area contributed by atoms with Gasteiger partial charge in [-0.3, -0.25) is 4.79 Å². The summed E-state index contributed by atoms with van der Waals surface area (Å²) in [7, 11) is 1.25. The standard InChI is InChI=1S/C20H18O5/c1-13-12-24-19(17(18(13)21)20(22)23-2)14-8-10-16(11-9-14)25-15-6-4-3-5-7-15/h3-11,13H,12H2,1-2H3. The molecule has 1 aliphatic heterocycles. The predicted octanol–water partition coefficient (Wildman–Crippen LogP) is 3.60. The summed E-state index contributed by atoms with van der Waals surface area (Å²) in [6, 6.07) is 16.4. The van der Waals surface area contributed by atoms with E-state index >= 15 is 0 Å². The number of rotatable bonds is 4. The van der Waals surface area contributed by atoms with Crippen LogP contribution >= 0.6 is 0 Å². The summed E-state index contributed by atoms with van der Waals surface area (Å²) in [6.07, 6.45) is 0. The van der Waals surface area contributed by atoms with E-state index in [-0.39, 0.29) is 29.6 Å². The molecule has 128 valence electrons. The van der Waals surface area contributed by atoms with E-state index < -0.39 is 5.97 Å². The monoisotopic (exact) mass is 338 g/mol. The second-order valence-corrected chi connectivity index (χ2v) is 5.71. The molecule has 0 aliphatic carbocycles. The topological polar surface area (TPSA) is 61.8 Å². The van der Waals surface area contributed by atoms with Crippen molar-refractivity contribution in [3.63, 3.8) is 0 Å². The van der Waals surface area contributed by atoms with Gasteiger partial charge in [0, 0.05) is 5.56 Å². The Morgan fingerprint density at radius 1 is 1.04 bits per heavy atom. The lowest BCUT2D eigenvalue weighted by Crippen LogP contribution is -2.30. The van der Waals surface area contributed by atoms with Crippen molar-refractivity contribution in [2.45, 2.75) is 6.92 Å². The van der Waals surface area contributed by atoms with Gasteiger partial charge in [0.1, 0.15) is 22.8 Å². The number of ether oxygens (including phenoxy) is 3. The molecule has 0 amide bonds. The van der Waals surface area contributed by atoms with Crippen LogP contribution in [-0.2, 0) is 19.1 Å². The van der Waals surface area contributed by atoms with E-state index in [4.69, 9.17) is 14.2 Å². The third kappa shape index (κ3) is 3.55. The van der Waals surface area contributed by atoms with Crippen molar-refractivity contribution >= 4 is 17.5 Å². The van der Waals surface area contributed by atoms with Crippen LogP contribution in [0.4, 0.5) is 0 Å². The number of ketones is 1. The van der Waals surface area contributed by atoms with Crippen LogP contribution in [-0.4, -0.2) is 25.5 Å². The summed E-state index contributed by atoms with van der Waals surface area (Å²) in [5.41, 5.74) is 0.582. The van der Waals surface area contributed by atoms with Gasteiger partial charge in [-0.1, -0.05) is 25.1 Å². The van der Waals surface area contributed by atoms with Gasteiger partial charge in [-0.15, -0.1) is 0 Å². The molecule has 3 rings (SSSR count). The SMILES string of the molecule is COC(=O)C1=C(c2ccc(Oc3ccccc3)cc2)OCC(C)C1=O. The van der Waals surface area contributed by atoms with Crippen LogP contribution in [0, 0.1) is 5.92 Å². The minimum absolute atomic E-state index is 0.0435. The number of carbonyl (C=O) groups excluding carboxylic acids is 2. The largest absolute Gasteiger partial charge is 0.491 e. The van der Waals surface area contributed by atoms with Gasteiger partial charge in [-0.25, -0.2) is 4.79 Å². The number of carbonyl (C=O) groups is 2. The van der Waals surface area contributed by atoms with Gasteiger partial charge in [0.2, 0.25) is 0 Å². The van der Waals surface area contributed by atoms with Crippen LogP contribution in [0.15, 0.2) is 60.2 Å². The van der Waals surface area contributed by atoms with Crippen molar-refractivity contribution in [2.24, 2.45) is 5.92 Å². The third-order valence-corrected chi connectivity index (χ3v) is 3.88. The third-order valence-electron chi connectivity index (χ3n) is 3.88. The first kappa shape index (κ1) is 16.8. The van der Waals surface area contributed by atoms with Gasteiger partial charge in [-0.2, -0.15) is 0 Å². The molecule has 2 aromatic carbocycles. The van der Waals surface area contributed by atoms with Gasteiger partial charge < -0.3 is 14.2 Å². The number of benzene rings is 2. The Labute approximate surface area is 145 Å². The Morgan fingerprint density at radius 2 is 1.68 bits per heavy atom. The molecule has 0 saturated carbocycles. The van der Waals surface area contributed by atoms with E-state index in [0.717, 1.165) is 5.75 Å². The molecule has 5 nitrogen and oxygen atoms in total. The maximum Gasteiger partial charge on any atom is 0.345 e. The molecule has 1 atom stereocenters. The number of hydrogen-bond acceptors (Lipinski definition) is 5. The molecule has 0 fully saturated rings. The van der Waals surface area contributed by atoms with E-state index in [1.165, 1.54) is 7.11 Å². The number of methoxy groups -OCH3 is 1. The normalized spacial score (nSPS) is 17.0. The second kappa shape index (κ2) is 7.21. The van der Waals surface area contributed by atoms with Gasteiger partial charge in [-0.05, 0) is 36.4 Å². The second-order valence-electron chi connectivity index (χ2n) is 5.71. The maximum absolute atomic E-state index is 12.4. The molecule has 25 heavy (non-hydrogen) atoms. The zero-order chi connectivity index (χ0) is 17.8. The Bertz CT molecular complexity index is 806.